The van der Waals surface area contributed by atoms with Gasteiger partial charge in [-0.2, -0.15) is 5.16 Å². The van der Waals surface area contributed by atoms with E-state index in [1.165, 1.54) is 6.07 Å². The maximum absolute atomic E-state index is 12.3. The smallest absolute Gasteiger partial charge is 0.280 e. The van der Waals surface area contributed by atoms with Gasteiger partial charge in [0, 0.05) is 37.4 Å². The van der Waals surface area contributed by atoms with Crippen LogP contribution in [0.15, 0.2) is 15.4 Å². The fourth-order valence-corrected chi connectivity index (χ4v) is 3.80. The number of carbonyl (C=O) groups is 1. The molecule has 2 atom stereocenters. The van der Waals surface area contributed by atoms with Gasteiger partial charge in [-0.05, 0) is 25.7 Å². The van der Waals surface area contributed by atoms with Crippen LogP contribution in [0.3, 0.4) is 0 Å². The first-order chi connectivity index (χ1) is 10.1. The van der Waals surface area contributed by atoms with Crippen molar-refractivity contribution in [1.29, 1.82) is 0 Å². The lowest BCUT2D eigenvalue weighted by Crippen LogP contribution is -2.49. The molecule has 2 aliphatic rings. The van der Waals surface area contributed by atoms with E-state index in [0.717, 1.165) is 38.6 Å². The number of aliphatic hydroxyl groups excluding tert-OH is 1. The topological polar surface area (TPSA) is 86.5 Å². The minimum Gasteiger partial charge on any atom is -0.392 e. The van der Waals surface area contributed by atoms with Crippen LogP contribution in [0.1, 0.15) is 44.3 Å². The summed E-state index contributed by atoms with van der Waals surface area (Å²) in [6.07, 6.45) is 5.41. The number of aryl methyl sites for hydroxylation is 1. The summed E-state index contributed by atoms with van der Waals surface area (Å²) >= 11 is 0. The quantitative estimate of drug-likeness (QED) is 0.872. The van der Waals surface area contributed by atoms with E-state index < -0.39 is 0 Å². The van der Waals surface area contributed by atoms with Crippen molar-refractivity contribution in [3.8, 4) is 0 Å². The summed E-state index contributed by atoms with van der Waals surface area (Å²) in [7, 11) is 0. The summed E-state index contributed by atoms with van der Waals surface area (Å²) in [5.74, 6) is 0.595. The molecular formula is C15H22N2O4. The molecule has 1 spiro atoms. The van der Waals surface area contributed by atoms with Crippen molar-refractivity contribution in [3.05, 3.63) is 22.2 Å². The second-order valence-corrected chi connectivity index (χ2v) is 6.37. The lowest BCUT2D eigenvalue weighted by molar-refractivity contribution is -0.136. The number of nitrogens with zero attached hydrogens (tertiary/aromatic N) is 1. The molecular weight excluding hydrogens is 272 g/mol. The van der Waals surface area contributed by atoms with Crippen LogP contribution in [-0.4, -0.2) is 40.3 Å². The average molecular weight is 294 g/mol. The largest absolute Gasteiger partial charge is 0.392 e. The Kier molecular flexibility index (Phi) is 3.89. The summed E-state index contributed by atoms with van der Waals surface area (Å²) in [5.41, 5.74) is -0.349. The number of rotatable bonds is 3. The van der Waals surface area contributed by atoms with Crippen molar-refractivity contribution in [2.45, 2.75) is 51.0 Å². The fourth-order valence-electron chi connectivity index (χ4n) is 3.80. The molecule has 21 heavy (non-hydrogen) atoms. The number of carbonyl (C=O) groups excluding carboxylic acids is 1. The number of nitrogens with one attached hydrogen (secondary N) is 1. The Morgan fingerprint density at radius 1 is 1.48 bits per heavy atom. The normalized spacial score (nSPS) is 29.2. The van der Waals surface area contributed by atoms with Crippen LogP contribution in [0.4, 0.5) is 0 Å². The summed E-state index contributed by atoms with van der Waals surface area (Å²) < 4.78 is 4.96. The van der Waals surface area contributed by atoms with Crippen molar-refractivity contribution in [1.82, 2.24) is 10.1 Å². The molecule has 0 aromatic carbocycles. The molecule has 1 amide bonds. The molecule has 0 bridgehead atoms. The highest BCUT2D eigenvalue weighted by Crippen LogP contribution is 2.45. The summed E-state index contributed by atoms with van der Waals surface area (Å²) in [6.45, 7) is 1.44. The zero-order valence-electron chi connectivity index (χ0n) is 12.1. The molecule has 1 aromatic rings. The van der Waals surface area contributed by atoms with E-state index in [2.05, 4.69) is 5.16 Å². The van der Waals surface area contributed by atoms with Gasteiger partial charge in [-0.3, -0.25) is 9.59 Å². The van der Waals surface area contributed by atoms with Crippen LogP contribution >= 0.6 is 0 Å². The lowest BCUT2D eigenvalue weighted by Gasteiger charge is -2.42. The second kappa shape index (κ2) is 5.67. The van der Waals surface area contributed by atoms with Crippen molar-refractivity contribution >= 4 is 5.91 Å². The Morgan fingerprint density at radius 3 is 2.95 bits per heavy atom. The monoisotopic (exact) mass is 294 g/mol. The zero-order valence-corrected chi connectivity index (χ0v) is 12.1. The zero-order chi connectivity index (χ0) is 14.9. The van der Waals surface area contributed by atoms with Gasteiger partial charge in [0.25, 0.3) is 5.56 Å². The fraction of sp³-hybridized carbons (Fsp3) is 0.733. The van der Waals surface area contributed by atoms with Crippen LogP contribution in [0.5, 0.6) is 0 Å². The number of hydrogen-bond acceptors (Lipinski definition) is 4. The van der Waals surface area contributed by atoms with Crippen molar-refractivity contribution in [2.75, 3.05) is 13.1 Å². The van der Waals surface area contributed by atoms with Crippen molar-refractivity contribution in [3.63, 3.8) is 0 Å². The molecule has 1 aliphatic heterocycles. The molecule has 1 saturated carbocycles. The van der Waals surface area contributed by atoms with E-state index in [-0.39, 0.29) is 23.0 Å². The minimum absolute atomic E-state index is 0.0748. The average Bonchev–Trinajstić information content (AvgIpc) is 3.04. The van der Waals surface area contributed by atoms with E-state index in [9.17, 15) is 14.7 Å². The standard InChI is InChI=1S/C15H22N2O4/c18-12-3-1-6-15(12)7-2-8-17(10-15)14(20)5-4-11-9-13(19)16-21-11/h9,12,18H,1-8,10H2,(H,16,19)/t12-,15+/m1/s1. The SMILES string of the molecule is O=C(CCc1cc(=O)[nH]o1)N1CCC[C@@]2(CCC[C@H]2O)C1. The molecule has 2 heterocycles. The van der Waals surface area contributed by atoms with Gasteiger partial charge in [-0.1, -0.05) is 6.42 Å². The Labute approximate surface area is 123 Å². The van der Waals surface area contributed by atoms with Crippen molar-refractivity contribution in [2.24, 2.45) is 5.41 Å². The second-order valence-electron chi connectivity index (χ2n) is 6.37. The van der Waals surface area contributed by atoms with E-state index in [0.29, 0.717) is 25.1 Å². The van der Waals surface area contributed by atoms with Gasteiger partial charge < -0.3 is 14.5 Å². The molecule has 1 aromatic heterocycles. The Balaban J connectivity index is 1.58. The van der Waals surface area contributed by atoms with Crippen LogP contribution in [0, 0.1) is 5.41 Å². The maximum atomic E-state index is 12.3. The number of hydrogen-bond donors (Lipinski definition) is 2. The predicted molar refractivity (Wildman–Crippen MR) is 75.8 cm³/mol. The molecule has 2 fully saturated rings. The Morgan fingerprint density at radius 2 is 2.29 bits per heavy atom. The van der Waals surface area contributed by atoms with Gasteiger partial charge >= 0.3 is 0 Å². The van der Waals surface area contributed by atoms with Gasteiger partial charge in [-0.15, -0.1) is 0 Å². The highest BCUT2D eigenvalue weighted by atomic mass is 16.5. The Bertz CT molecular complexity index is 564. The number of aliphatic hydroxyl groups is 1. The molecule has 2 N–H and O–H groups in total. The third kappa shape index (κ3) is 2.90. The third-order valence-electron chi connectivity index (χ3n) is 4.98. The van der Waals surface area contributed by atoms with Gasteiger partial charge in [0.15, 0.2) is 0 Å². The molecule has 6 heteroatoms. The van der Waals surface area contributed by atoms with E-state index in [1.807, 2.05) is 4.90 Å². The van der Waals surface area contributed by atoms with Crippen LogP contribution in [0.25, 0.3) is 0 Å². The van der Waals surface area contributed by atoms with E-state index >= 15 is 0 Å². The van der Waals surface area contributed by atoms with E-state index in [1.54, 1.807) is 0 Å². The van der Waals surface area contributed by atoms with Crippen molar-refractivity contribution < 1.29 is 14.4 Å². The number of amides is 1. The molecule has 0 radical (unpaired) electrons. The van der Waals surface area contributed by atoms with Gasteiger partial charge in [0.2, 0.25) is 5.91 Å². The lowest BCUT2D eigenvalue weighted by atomic mass is 9.76. The number of piperidine rings is 1. The number of aromatic nitrogens is 1. The number of H-pyrrole nitrogens is 1. The summed E-state index contributed by atoms with van der Waals surface area (Å²) in [6, 6.07) is 1.38. The highest BCUT2D eigenvalue weighted by Gasteiger charge is 2.45. The van der Waals surface area contributed by atoms with Gasteiger partial charge in [0.1, 0.15) is 5.76 Å². The van der Waals surface area contributed by atoms with Gasteiger partial charge in [0.05, 0.1) is 6.10 Å². The maximum Gasteiger partial charge on any atom is 0.280 e. The van der Waals surface area contributed by atoms with E-state index in [4.69, 9.17) is 4.52 Å². The summed E-state index contributed by atoms with van der Waals surface area (Å²) in [5, 5.41) is 12.5. The summed E-state index contributed by atoms with van der Waals surface area (Å²) in [4.78, 5) is 25.2. The minimum atomic E-state index is -0.275. The highest BCUT2D eigenvalue weighted by molar-refractivity contribution is 5.76. The first kappa shape index (κ1) is 14.4. The molecule has 116 valence electrons. The first-order valence-electron chi connectivity index (χ1n) is 7.72. The predicted octanol–water partition coefficient (Wildman–Crippen LogP) is 1.05. The first-order valence-corrected chi connectivity index (χ1v) is 7.72. The third-order valence-corrected chi connectivity index (χ3v) is 4.98. The molecule has 3 rings (SSSR count). The van der Waals surface area contributed by atoms with Crippen LogP contribution in [0.2, 0.25) is 0 Å². The molecule has 0 unspecified atom stereocenters. The molecule has 1 saturated heterocycles. The number of likely N-dealkylation sites (tertiary alicyclic amines) is 1. The van der Waals surface area contributed by atoms with Crippen LogP contribution < -0.4 is 5.56 Å². The van der Waals surface area contributed by atoms with Crippen LogP contribution in [-0.2, 0) is 11.2 Å². The molecule has 1 aliphatic carbocycles. The Hall–Kier alpha value is -1.56. The molecule has 6 nitrogen and oxygen atoms in total. The number of aromatic amines is 1. The van der Waals surface area contributed by atoms with Gasteiger partial charge in [-0.25, -0.2) is 0 Å².